The largest absolute Gasteiger partial charge is 0.508 e. The smallest absolute Gasteiger partial charge is 0.246 e. The quantitative estimate of drug-likeness (QED) is 0.0280. The zero-order valence-electron chi connectivity index (χ0n) is 61.6. The Labute approximate surface area is 609 Å². The molecule has 0 radical (unpaired) electrons. The lowest BCUT2D eigenvalue weighted by molar-refractivity contribution is -0.143. The summed E-state index contributed by atoms with van der Waals surface area (Å²) in [6.45, 7) is 14.6. The van der Waals surface area contributed by atoms with Crippen LogP contribution in [-0.2, 0) is 76.8 Å². The number of benzene rings is 4. The van der Waals surface area contributed by atoms with Crippen LogP contribution in [0.25, 0.3) is 10.8 Å². The third-order valence-electron chi connectivity index (χ3n) is 19.5. The number of primary amides is 1. The van der Waals surface area contributed by atoms with Crippen LogP contribution in [0, 0.1) is 17.3 Å². The van der Waals surface area contributed by atoms with Crippen LogP contribution in [0.2, 0.25) is 0 Å². The zero-order chi connectivity index (χ0) is 76.6. The van der Waals surface area contributed by atoms with Crippen molar-refractivity contribution in [3.05, 3.63) is 120 Å². The van der Waals surface area contributed by atoms with Crippen molar-refractivity contribution in [2.24, 2.45) is 28.7 Å². The first-order valence-corrected chi connectivity index (χ1v) is 36.3. The van der Waals surface area contributed by atoms with Gasteiger partial charge >= 0.3 is 0 Å². The van der Waals surface area contributed by atoms with Crippen molar-refractivity contribution in [3.63, 3.8) is 0 Å². The third kappa shape index (κ3) is 24.3. The predicted octanol–water partition coefficient (Wildman–Crippen LogP) is 4.87. The summed E-state index contributed by atoms with van der Waals surface area (Å²) in [5.74, 6) is -10.8. The summed E-state index contributed by atoms with van der Waals surface area (Å²) in [7, 11) is 0. The highest BCUT2D eigenvalue weighted by atomic mass is 16.3. The van der Waals surface area contributed by atoms with Gasteiger partial charge in [0.15, 0.2) is 11.6 Å². The predicted molar refractivity (Wildman–Crippen MR) is 393 cm³/mol. The number of phenols is 2. The van der Waals surface area contributed by atoms with Gasteiger partial charge in [-0.1, -0.05) is 120 Å². The van der Waals surface area contributed by atoms with E-state index < -0.39 is 160 Å². The second-order valence-corrected chi connectivity index (χ2v) is 29.5. The maximum atomic E-state index is 15.5. The van der Waals surface area contributed by atoms with Crippen molar-refractivity contribution < 1.29 is 72.9 Å². The molecule has 2 heterocycles. The number of carbonyl (C=O) groups excluding carboxylic acids is 12. The van der Waals surface area contributed by atoms with Crippen molar-refractivity contribution in [2.45, 2.75) is 237 Å². The van der Waals surface area contributed by atoms with Crippen LogP contribution in [0.1, 0.15) is 175 Å². The molecular weight excluding hydrogens is 1330 g/mol. The molecule has 4 aromatic rings. The molecule has 26 nitrogen and oxygen atoms in total. The molecule has 10 amide bonds. The molecule has 1 saturated heterocycles. The lowest BCUT2D eigenvalue weighted by Gasteiger charge is -2.34. The van der Waals surface area contributed by atoms with Gasteiger partial charge < -0.3 is 74.2 Å². The molecule has 2 aliphatic heterocycles. The molecule has 0 spiro atoms. The maximum Gasteiger partial charge on any atom is 0.246 e. The number of Topliss-reactive ketones (excluding diaryl/α,β-unsaturated/α-hetero) is 2. The number of likely N-dealkylation sites (tertiary alicyclic amines) is 1. The molecule has 4 aromatic carbocycles. The molecule has 12 atom stereocenters. The summed E-state index contributed by atoms with van der Waals surface area (Å²) >= 11 is 0. The number of aliphatic hydroxyl groups is 1. The summed E-state index contributed by atoms with van der Waals surface area (Å²) in [4.78, 5) is 174. The number of fused-ring (bicyclic) bond motifs is 1. The van der Waals surface area contributed by atoms with E-state index in [1.54, 1.807) is 65.0 Å². The Morgan fingerprint density at radius 1 is 0.721 bits per heavy atom. The van der Waals surface area contributed by atoms with E-state index >= 15 is 14.4 Å². The lowest BCUT2D eigenvalue weighted by Crippen LogP contribution is -2.63. The second-order valence-electron chi connectivity index (χ2n) is 29.5. The summed E-state index contributed by atoms with van der Waals surface area (Å²) in [6.07, 6.45) is 4.60. The molecule has 0 unspecified atom stereocenters. The lowest BCUT2D eigenvalue weighted by atomic mass is 9.83. The van der Waals surface area contributed by atoms with Crippen LogP contribution in [0.15, 0.2) is 103 Å². The third-order valence-corrected chi connectivity index (χ3v) is 19.5. The molecule has 26 heteroatoms. The number of rotatable bonds is 27. The van der Waals surface area contributed by atoms with Crippen LogP contribution in [-0.4, -0.2) is 163 Å². The number of ketones is 2. The normalized spacial score (nSPS) is 22.4. The van der Waals surface area contributed by atoms with Gasteiger partial charge in [-0.3, -0.25) is 57.5 Å². The number of nitrogens with one attached hydrogen (secondary N) is 8. The standard InChI is InChI=1S/C78H109N11O15/c1-10-23-59-71(100)88-78(9,75(104)85-58(67(80)96)28-17-20-40-79)39-19-14-12-11-13-18-38-77(8,64(95)42-47(2)68(97)83-60(70(99)82-59)43-50-30-34-55(92)35-31-50)87-69(98)54(45-53-26-21-25-52-24-15-16-27-57(52)53)46-63(94)65(48(3)90)86-72(101)62-29-22-41-89(62)74(103)61(44-51-32-36-56(93)37-33-51)84-73(102)66(76(5,6)7)81-49(4)91/h11-12,15-16,21,24-27,30-37,47-48,54,58-62,65-66,90,92-93H,10,13-14,17-20,22-23,28-29,38-46,79H2,1-9H3,(H2,80,96)(H,81,91)(H,82,99)(H,83,97)(H,84,102)(H,85,104)(H,86,101)(H,87,98)(H,88,100)/b12-11+/t47-,48-,54-,58+,59+,60+,61+,62+,65+,66-,77+,78+/m1/s1. The van der Waals surface area contributed by atoms with E-state index in [2.05, 4.69) is 42.5 Å². The number of nitrogens with zero attached hydrogens (tertiary/aromatic N) is 1. The van der Waals surface area contributed by atoms with Crippen LogP contribution in [0.3, 0.4) is 0 Å². The van der Waals surface area contributed by atoms with E-state index in [9.17, 15) is 58.5 Å². The van der Waals surface area contributed by atoms with Gasteiger partial charge in [-0.05, 0) is 168 Å². The molecule has 2 aliphatic rings. The van der Waals surface area contributed by atoms with E-state index in [0.29, 0.717) is 74.6 Å². The maximum absolute atomic E-state index is 15.5. The number of aliphatic hydroxyl groups excluding tert-OH is 1. The fourth-order valence-electron chi connectivity index (χ4n) is 13.3. The van der Waals surface area contributed by atoms with Crippen molar-refractivity contribution in [1.29, 1.82) is 0 Å². The fraction of sp³-hybridized carbons (Fsp3) is 0.538. The number of hydrogen-bond donors (Lipinski definition) is 13. The van der Waals surface area contributed by atoms with Crippen molar-refractivity contribution >= 4 is 81.4 Å². The highest BCUT2D eigenvalue weighted by Crippen LogP contribution is 2.29. The number of unbranched alkanes of at least 4 members (excludes halogenated alkanes) is 1. The van der Waals surface area contributed by atoms with Gasteiger partial charge in [-0.25, -0.2) is 0 Å². The Hall–Kier alpha value is -9.56. The number of phenolic OH excluding ortho intramolecular Hbond substituents is 2. The zero-order valence-corrected chi connectivity index (χ0v) is 61.6. The number of aromatic hydroxyl groups is 2. The molecule has 6 rings (SSSR count). The Morgan fingerprint density at radius 3 is 1.96 bits per heavy atom. The first kappa shape index (κ1) is 83.4. The van der Waals surface area contributed by atoms with Gasteiger partial charge in [0.25, 0.3) is 0 Å². The van der Waals surface area contributed by atoms with Crippen LogP contribution >= 0.6 is 0 Å². The fourth-order valence-corrected chi connectivity index (χ4v) is 13.3. The number of hydrogen-bond acceptors (Lipinski definition) is 16. The minimum atomic E-state index is -1.73. The summed E-state index contributed by atoms with van der Waals surface area (Å²) in [6, 6.07) is 16.0. The van der Waals surface area contributed by atoms with Crippen LogP contribution < -0.4 is 54.0 Å². The van der Waals surface area contributed by atoms with E-state index in [1.165, 1.54) is 56.9 Å². The van der Waals surface area contributed by atoms with Crippen LogP contribution in [0.5, 0.6) is 11.5 Å². The SMILES string of the molecule is CCC[C@@H]1NC(=O)[C@H](Cc2ccc(O)cc2)NC(=O)[C@H](C)CC(=O)[C@@](C)(NC(=O)[C@@H](CC(=O)[C@@H](NC(=O)[C@@H]2CCCN2C(=O)[C@H](Cc2ccc(O)cc2)NC(=O)[C@@H](NC(C)=O)C(C)(C)C)[C@@H](C)O)Cc2cccc3ccccc23)CCC/C=C/CCC[C@@](C)(C(=O)N[C@@H](CCCCN)C(N)=O)NC1=O. The van der Waals surface area contributed by atoms with E-state index in [0.717, 1.165) is 10.8 Å². The monoisotopic (exact) mass is 1440 g/mol. The molecule has 1 fully saturated rings. The van der Waals surface area contributed by atoms with Gasteiger partial charge in [0.1, 0.15) is 59.3 Å². The Kier molecular flexibility index (Phi) is 31.1. The van der Waals surface area contributed by atoms with Gasteiger partial charge in [0.2, 0.25) is 59.1 Å². The van der Waals surface area contributed by atoms with Crippen LogP contribution in [0.4, 0.5) is 0 Å². The van der Waals surface area contributed by atoms with Crippen molar-refractivity contribution in [1.82, 2.24) is 47.4 Å². The molecule has 104 heavy (non-hydrogen) atoms. The van der Waals surface area contributed by atoms with E-state index in [4.69, 9.17) is 11.5 Å². The number of carbonyl (C=O) groups is 12. The van der Waals surface area contributed by atoms with E-state index in [1.807, 2.05) is 48.6 Å². The number of allylic oxidation sites excluding steroid dienone is 2. The molecule has 566 valence electrons. The highest BCUT2D eigenvalue weighted by Gasteiger charge is 2.45. The number of amides is 10. The molecule has 0 aliphatic carbocycles. The van der Waals surface area contributed by atoms with Crippen molar-refractivity contribution in [2.75, 3.05) is 13.1 Å². The molecule has 0 aromatic heterocycles. The summed E-state index contributed by atoms with van der Waals surface area (Å²) in [5, 5.41) is 55.7. The van der Waals surface area contributed by atoms with Crippen molar-refractivity contribution in [3.8, 4) is 11.5 Å². The minimum Gasteiger partial charge on any atom is -0.508 e. The van der Waals surface area contributed by atoms with E-state index in [-0.39, 0.29) is 69.4 Å². The minimum absolute atomic E-state index is 0.0153. The van der Waals surface area contributed by atoms with Gasteiger partial charge in [-0.15, -0.1) is 0 Å². The highest BCUT2D eigenvalue weighted by molar-refractivity contribution is 6.01. The average Bonchev–Trinajstić information content (AvgIpc) is 1.26. The number of nitrogens with two attached hydrogens (primary N) is 2. The Balaban J connectivity index is 1.32. The van der Waals surface area contributed by atoms with Gasteiger partial charge in [0, 0.05) is 51.0 Å². The topological polar surface area (TPSA) is 417 Å². The Morgan fingerprint density at radius 2 is 1.35 bits per heavy atom. The summed E-state index contributed by atoms with van der Waals surface area (Å²) in [5.41, 5.74) is 9.02. The van der Waals surface area contributed by atoms with Gasteiger partial charge in [0.05, 0.1) is 11.6 Å². The molecular formula is C78H109N11O15. The first-order chi connectivity index (χ1) is 49.2. The molecule has 15 N–H and O–H groups in total. The molecule has 0 saturated carbocycles. The first-order valence-electron chi connectivity index (χ1n) is 36.3. The second kappa shape index (κ2) is 38.8. The Bertz CT molecular complexity index is 3700. The molecule has 0 bridgehead atoms. The van der Waals surface area contributed by atoms with Gasteiger partial charge in [-0.2, -0.15) is 0 Å². The summed E-state index contributed by atoms with van der Waals surface area (Å²) < 4.78 is 0. The average molecular weight is 1440 g/mol.